The molecule has 0 bridgehead atoms. The van der Waals surface area contributed by atoms with Crippen LogP contribution in [0.3, 0.4) is 0 Å². The Labute approximate surface area is 297 Å². The summed E-state index contributed by atoms with van der Waals surface area (Å²) in [7, 11) is 0. The first-order chi connectivity index (χ1) is 25.8. The lowest BCUT2D eigenvalue weighted by Gasteiger charge is -2.13. The standard InChI is InChI=1S/C47H26N4O/c1-2-14-30-28(11-1)25-38-34-17-5-8-22-41(34)52-44(38)43(30)46-48-45(29-23-24-31-35-18-9-12-27-13-10-19-36(42(27)35)37(31)26-29)49-47(50-46)51-39-20-6-3-15-32(39)33-16-4-7-21-40(33)51/h1-26H. The molecule has 1 aliphatic rings. The van der Waals surface area contributed by atoms with Crippen molar-refractivity contribution in [2.24, 2.45) is 0 Å². The van der Waals surface area contributed by atoms with Crippen molar-refractivity contribution in [2.75, 3.05) is 0 Å². The SMILES string of the molecule is c1ccc2c(-c3nc(-c4ccc5c(c4)-c4cccc6cccc-5c46)nc(-n4c5ccccc5c5ccccc54)n3)c3oc4ccccc4c3cc2c1. The van der Waals surface area contributed by atoms with Crippen LogP contribution >= 0.6 is 0 Å². The van der Waals surface area contributed by atoms with Crippen LogP contribution in [0, 0.1) is 0 Å². The van der Waals surface area contributed by atoms with Gasteiger partial charge in [0.05, 0.1) is 16.6 Å². The Morgan fingerprint density at radius 3 is 1.85 bits per heavy atom. The molecule has 52 heavy (non-hydrogen) atoms. The zero-order chi connectivity index (χ0) is 33.9. The molecule has 240 valence electrons. The summed E-state index contributed by atoms with van der Waals surface area (Å²) in [5, 5.41) is 9.06. The Morgan fingerprint density at radius 2 is 1.06 bits per heavy atom. The number of hydrogen-bond acceptors (Lipinski definition) is 4. The molecule has 5 heteroatoms. The lowest BCUT2D eigenvalue weighted by Crippen LogP contribution is -2.06. The smallest absolute Gasteiger partial charge is 0.238 e. The highest BCUT2D eigenvalue weighted by molar-refractivity contribution is 6.18. The first-order valence-corrected chi connectivity index (χ1v) is 17.5. The minimum absolute atomic E-state index is 0.556. The van der Waals surface area contributed by atoms with Crippen LogP contribution in [0.15, 0.2) is 162 Å². The van der Waals surface area contributed by atoms with Crippen LogP contribution in [0.1, 0.15) is 0 Å². The molecule has 11 aromatic rings. The monoisotopic (exact) mass is 662 g/mol. The number of furan rings is 1. The van der Waals surface area contributed by atoms with Gasteiger partial charge < -0.3 is 4.42 Å². The number of aromatic nitrogens is 4. The first kappa shape index (κ1) is 27.7. The highest BCUT2D eigenvalue weighted by Crippen LogP contribution is 2.48. The van der Waals surface area contributed by atoms with Gasteiger partial charge in [0.2, 0.25) is 5.95 Å². The highest BCUT2D eigenvalue weighted by Gasteiger charge is 2.25. The second-order valence-electron chi connectivity index (χ2n) is 13.6. The fraction of sp³-hybridized carbons (Fsp3) is 0. The van der Waals surface area contributed by atoms with Crippen molar-refractivity contribution in [1.29, 1.82) is 0 Å². The quantitative estimate of drug-likeness (QED) is 0.189. The van der Waals surface area contributed by atoms with Gasteiger partial charge in [-0.3, -0.25) is 4.57 Å². The highest BCUT2D eigenvalue weighted by atomic mass is 16.3. The van der Waals surface area contributed by atoms with E-state index in [9.17, 15) is 0 Å². The maximum atomic E-state index is 6.68. The second-order valence-corrected chi connectivity index (χ2v) is 13.6. The van der Waals surface area contributed by atoms with Gasteiger partial charge in [-0.2, -0.15) is 9.97 Å². The number of benzene rings is 8. The Hall–Kier alpha value is -7.11. The van der Waals surface area contributed by atoms with Crippen LogP contribution in [0.4, 0.5) is 0 Å². The molecule has 0 radical (unpaired) electrons. The largest absolute Gasteiger partial charge is 0.455 e. The third-order valence-corrected chi connectivity index (χ3v) is 10.8. The Morgan fingerprint density at radius 1 is 0.423 bits per heavy atom. The molecule has 5 nitrogen and oxygen atoms in total. The molecule has 0 amide bonds. The Bertz CT molecular complexity index is 3260. The van der Waals surface area contributed by atoms with Crippen LogP contribution in [0.5, 0.6) is 0 Å². The fourth-order valence-electron chi connectivity index (χ4n) is 8.52. The van der Waals surface area contributed by atoms with E-state index in [4.69, 9.17) is 19.4 Å². The van der Waals surface area contributed by atoms with E-state index in [0.29, 0.717) is 17.6 Å². The molecule has 3 aromatic heterocycles. The molecular formula is C47H26N4O. The van der Waals surface area contributed by atoms with Gasteiger partial charge >= 0.3 is 0 Å². The number of fused-ring (bicyclic) bond motifs is 10. The molecule has 0 spiro atoms. The van der Waals surface area contributed by atoms with E-state index in [2.05, 4.69) is 150 Å². The van der Waals surface area contributed by atoms with Gasteiger partial charge in [0.1, 0.15) is 11.2 Å². The van der Waals surface area contributed by atoms with E-state index < -0.39 is 0 Å². The summed E-state index contributed by atoms with van der Waals surface area (Å²) in [5.41, 5.74) is 10.4. The van der Waals surface area contributed by atoms with Gasteiger partial charge in [0.15, 0.2) is 11.6 Å². The maximum absolute atomic E-state index is 6.68. The zero-order valence-corrected chi connectivity index (χ0v) is 27.7. The van der Waals surface area contributed by atoms with Gasteiger partial charge in [0, 0.05) is 27.1 Å². The van der Waals surface area contributed by atoms with Crippen LogP contribution in [0.2, 0.25) is 0 Å². The first-order valence-electron chi connectivity index (χ1n) is 17.5. The van der Waals surface area contributed by atoms with Crippen LogP contribution < -0.4 is 0 Å². The molecule has 1 aliphatic carbocycles. The number of para-hydroxylation sites is 3. The van der Waals surface area contributed by atoms with E-state index in [-0.39, 0.29) is 0 Å². The third kappa shape index (κ3) is 3.74. The van der Waals surface area contributed by atoms with Crippen molar-refractivity contribution in [3.8, 4) is 51.0 Å². The second kappa shape index (κ2) is 10.2. The molecule has 0 unspecified atom stereocenters. The van der Waals surface area contributed by atoms with Crippen molar-refractivity contribution in [2.45, 2.75) is 0 Å². The lowest BCUT2D eigenvalue weighted by atomic mass is 9.99. The van der Waals surface area contributed by atoms with E-state index in [0.717, 1.165) is 65.6 Å². The van der Waals surface area contributed by atoms with Crippen molar-refractivity contribution in [3.05, 3.63) is 158 Å². The van der Waals surface area contributed by atoms with Gasteiger partial charge in [-0.05, 0) is 74.1 Å². The predicted octanol–water partition coefficient (Wildman–Crippen LogP) is 12.2. The minimum atomic E-state index is 0.556. The summed E-state index contributed by atoms with van der Waals surface area (Å²) in [6.07, 6.45) is 0. The minimum Gasteiger partial charge on any atom is -0.455 e. The molecule has 0 aliphatic heterocycles. The topological polar surface area (TPSA) is 56.7 Å². The Balaban J connectivity index is 1.19. The van der Waals surface area contributed by atoms with E-state index in [1.54, 1.807) is 0 Å². The number of nitrogens with zero attached hydrogens (tertiary/aromatic N) is 4. The summed E-state index contributed by atoms with van der Waals surface area (Å²) in [4.78, 5) is 16.0. The van der Waals surface area contributed by atoms with E-state index in [1.807, 2.05) is 12.1 Å². The van der Waals surface area contributed by atoms with Crippen LogP contribution in [-0.2, 0) is 0 Å². The van der Waals surface area contributed by atoms with Crippen LogP contribution in [0.25, 0.3) is 116 Å². The number of rotatable bonds is 3. The van der Waals surface area contributed by atoms with Crippen molar-refractivity contribution in [1.82, 2.24) is 19.5 Å². The molecule has 0 saturated heterocycles. The number of hydrogen-bond donors (Lipinski definition) is 0. The van der Waals surface area contributed by atoms with Gasteiger partial charge in [-0.25, -0.2) is 4.98 Å². The summed E-state index contributed by atoms with van der Waals surface area (Å²) < 4.78 is 8.86. The van der Waals surface area contributed by atoms with Gasteiger partial charge in [-0.15, -0.1) is 0 Å². The molecule has 3 heterocycles. The van der Waals surface area contributed by atoms with E-state index in [1.165, 1.54) is 33.0 Å². The summed E-state index contributed by atoms with van der Waals surface area (Å²) in [6, 6.07) is 55.5. The van der Waals surface area contributed by atoms with Crippen LogP contribution in [-0.4, -0.2) is 19.5 Å². The third-order valence-electron chi connectivity index (χ3n) is 10.8. The molecule has 12 rings (SSSR count). The average molecular weight is 663 g/mol. The molecule has 0 saturated carbocycles. The van der Waals surface area contributed by atoms with Crippen molar-refractivity contribution < 1.29 is 4.42 Å². The average Bonchev–Trinajstić information content (AvgIpc) is 3.85. The van der Waals surface area contributed by atoms with Gasteiger partial charge in [-0.1, -0.05) is 127 Å². The zero-order valence-electron chi connectivity index (χ0n) is 27.7. The predicted molar refractivity (Wildman–Crippen MR) is 212 cm³/mol. The molecule has 0 N–H and O–H groups in total. The molecule has 8 aromatic carbocycles. The molecular weight excluding hydrogens is 637 g/mol. The Kier molecular flexibility index (Phi) is 5.44. The molecule has 0 atom stereocenters. The van der Waals surface area contributed by atoms with Crippen molar-refractivity contribution in [3.63, 3.8) is 0 Å². The van der Waals surface area contributed by atoms with Gasteiger partial charge in [0.25, 0.3) is 0 Å². The summed E-state index contributed by atoms with van der Waals surface area (Å²) >= 11 is 0. The molecule has 0 fully saturated rings. The normalized spacial score (nSPS) is 12.2. The summed E-state index contributed by atoms with van der Waals surface area (Å²) in [5.74, 6) is 1.72. The van der Waals surface area contributed by atoms with E-state index >= 15 is 0 Å². The van der Waals surface area contributed by atoms with Crippen molar-refractivity contribution >= 4 is 65.3 Å². The maximum Gasteiger partial charge on any atom is 0.238 e. The summed E-state index contributed by atoms with van der Waals surface area (Å²) in [6.45, 7) is 0. The lowest BCUT2D eigenvalue weighted by molar-refractivity contribution is 0.670. The fourth-order valence-corrected chi connectivity index (χ4v) is 8.52.